The van der Waals surface area contributed by atoms with Crippen LogP contribution in [0, 0.1) is 17.5 Å². The molecule has 4 rings (SSSR count). The number of ether oxygens (including phenoxy) is 1. The number of amides is 1. The molecule has 0 atom stereocenters. The summed E-state index contributed by atoms with van der Waals surface area (Å²) < 4.78 is 51.7. The lowest BCUT2D eigenvalue weighted by Gasteiger charge is -2.26. The molecule has 1 aliphatic rings. The Hall–Kier alpha value is -3.21. The standard InChI is InChI=1S/C25H27F3N4O3/c26-20-4-1-18(2-5-20)14-32(15-19-3-6-21(27)13-22(19)28)16-24-30-23(17-35-24)25(33)29-7-8-31-9-11-34-12-10-31/h1-6,13,17H,7-12,14-16H2,(H,29,33). The Kier molecular flexibility index (Phi) is 8.51. The average molecular weight is 489 g/mol. The van der Waals surface area contributed by atoms with Gasteiger partial charge < -0.3 is 14.5 Å². The summed E-state index contributed by atoms with van der Waals surface area (Å²) in [7, 11) is 0. The van der Waals surface area contributed by atoms with Gasteiger partial charge in [0.05, 0.1) is 19.8 Å². The summed E-state index contributed by atoms with van der Waals surface area (Å²) in [5.74, 6) is -1.76. The van der Waals surface area contributed by atoms with Crippen molar-refractivity contribution in [2.75, 3.05) is 39.4 Å². The second kappa shape index (κ2) is 12.0. The fraction of sp³-hybridized carbons (Fsp3) is 0.360. The van der Waals surface area contributed by atoms with E-state index in [0.717, 1.165) is 24.7 Å². The van der Waals surface area contributed by atoms with Gasteiger partial charge in [0.25, 0.3) is 5.91 Å². The van der Waals surface area contributed by atoms with Crippen molar-refractivity contribution in [3.63, 3.8) is 0 Å². The zero-order chi connectivity index (χ0) is 24.6. The predicted molar refractivity (Wildman–Crippen MR) is 122 cm³/mol. The molecule has 0 radical (unpaired) electrons. The Morgan fingerprint density at radius 2 is 1.74 bits per heavy atom. The third-order valence-electron chi connectivity index (χ3n) is 5.69. The molecule has 1 aromatic heterocycles. The molecule has 2 aromatic carbocycles. The van der Waals surface area contributed by atoms with E-state index in [1.807, 2.05) is 4.90 Å². The smallest absolute Gasteiger partial charge is 0.273 e. The second-order valence-corrected chi connectivity index (χ2v) is 8.34. The molecule has 0 unspecified atom stereocenters. The maximum atomic E-state index is 14.3. The van der Waals surface area contributed by atoms with Crippen LogP contribution < -0.4 is 5.32 Å². The highest BCUT2D eigenvalue weighted by Crippen LogP contribution is 2.17. The first kappa shape index (κ1) is 24.9. The number of oxazole rings is 1. The summed E-state index contributed by atoms with van der Waals surface area (Å²) in [5.41, 5.74) is 1.24. The number of aromatic nitrogens is 1. The summed E-state index contributed by atoms with van der Waals surface area (Å²) in [5, 5.41) is 2.83. The average Bonchev–Trinajstić information content (AvgIpc) is 3.31. The first-order valence-electron chi connectivity index (χ1n) is 11.4. The van der Waals surface area contributed by atoms with Crippen molar-refractivity contribution in [2.45, 2.75) is 19.6 Å². The van der Waals surface area contributed by atoms with E-state index in [9.17, 15) is 18.0 Å². The molecule has 0 spiro atoms. The number of nitrogens with one attached hydrogen (secondary N) is 1. The molecule has 0 bridgehead atoms. The molecule has 1 aliphatic heterocycles. The van der Waals surface area contributed by atoms with E-state index in [2.05, 4.69) is 15.2 Å². The van der Waals surface area contributed by atoms with E-state index in [4.69, 9.17) is 9.15 Å². The number of hydrogen-bond acceptors (Lipinski definition) is 6. The zero-order valence-corrected chi connectivity index (χ0v) is 19.2. The molecule has 1 saturated heterocycles. The van der Waals surface area contributed by atoms with Gasteiger partial charge in [-0.25, -0.2) is 18.2 Å². The van der Waals surface area contributed by atoms with Gasteiger partial charge >= 0.3 is 0 Å². The molecular formula is C25H27F3N4O3. The van der Waals surface area contributed by atoms with Crippen molar-refractivity contribution < 1.29 is 27.1 Å². The van der Waals surface area contributed by atoms with Crippen LogP contribution in [0.2, 0.25) is 0 Å². The van der Waals surface area contributed by atoms with Gasteiger partial charge in [0.1, 0.15) is 23.7 Å². The molecule has 186 valence electrons. The van der Waals surface area contributed by atoms with Crippen LogP contribution in [-0.2, 0) is 24.4 Å². The van der Waals surface area contributed by atoms with Gasteiger partial charge in [-0.2, -0.15) is 0 Å². The largest absolute Gasteiger partial charge is 0.447 e. The molecule has 1 amide bonds. The van der Waals surface area contributed by atoms with Crippen LogP contribution in [0.4, 0.5) is 13.2 Å². The first-order chi connectivity index (χ1) is 17.0. The van der Waals surface area contributed by atoms with E-state index in [1.165, 1.54) is 30.5 Å². The maximum Gasteiger partial charge on any atom is 0.273 e. The number of morpholine rings is 1. The lowest BCUT2D eigenvalue weighted by Crippen LogP contribution is -2.41. The van der Waals surface area contributed by atoms with Crippen molar-refractivity contribution >= 4 is 5.91 Å². The quantitative estimate of drug-likeness (QED) is 0.472. The molecule has 7 nitrogen and oxygen atoms in total. The Balaban J connectivity index is 1.39. The molecule has 0 saturated carbocycles. The van der Waals surface area contributed by atoms with Gasteiger partial charge in [-0.15, -0.1) is 0 Å². The lowest BCUT2D eigenvalue weighted by molar-refractivity contribution is 0.0383. The highest BCUT2D eigenvalue weighted by atomic mass is 19.1. The fourth-order valence-corrected chi connectivity index (χ4v) is 3.83. The van der Waals surface area contributed by atoms with Crippen molar-refractivity contribution in [3.05, 3.63) is 88.9 Å². The Labute approximate surface area is 201 Å². The SMILES string of the molecule is O=C(NCCN1CCOCC1)c1coc(CN(Cc2ccc(F)cc2)Cc2ccc(F)cc2F)n1. The summed E-state index contributed by atoms with van der Waals surface area (Å²) in [6, 6.07) is 9.35. The number of rotatable bonds is 10. The summed E-state index contributed by atoms with van der Waals surface area (Å²) >= 11 is 0. The van der Waals surface area contributed by atoms with Gasteiger partial charge in [-0.3, -0.25) is 14.6 Å². The Morgan fingerprint density at radius 1 is 1.00 bits per heavy atom. The Morgan fingerprint density at radius 3 is 2.49 bits per heavy atom. The summed E-state index contributed by atoms with van der Waals surface area (Å²) in [6.07, 6.45) is 1.29. The third kappa shape index (κ3) is 7.38. The van der Waals surface area contributed by atoms with E-state index in [1.54, 1.807) is 12.1 Å². The molecule has 1 fully saturated rings. The lowest BCUT2D eigenvalue weighted by atomic mass is 10.1. The van der Waals surface area contributed by atoms with Crippen LogP contribution in [-0.4, -0.2) is 60.1 Å². The van der Waals surface area contributed by atoms with Crippen LogP contribution in [0.5, 0.6) is 0 Å². The van der Waals surface area contributed by atoms with Crippen molar-refractivity contribution in [3.8, 4) is 0 Å². The van der Waals surface area contributed by atoms with Crippen molar-refractivity contribution in [2.24, 2.45) is 0 Å². The van der Waals surface area contributed by atoms with Gasteiger partial charge in [0, 0.05) is 50.9 Å². The predicted octanol–water partition coefficient (Wildman–Crippen LogP) is 3.36. The van der Waals surface area contributed by atoms with Crippen molar-refractivity contribution in [1.29, 1.82) is 0 Å². The molecule has 1 N–H and O–H groups in total. The van der Waals surface area contributed by atoms with Gasteiger partial charge in [-0.1, -0.05) is 18.2 Å². The van der Waals surface area contributed by atoms with E-state index < -0.39 is 11.6 Å². The number of hydrogen-bond donors (Lipinski definition) is 1. The number of carbonyl (C=O) groups excluding carboxylic acids is 1. The minimum Gasteiger partial charge on any atom is -0.447 e. The molecule has 35 heavy (non-hydrogen) atoms. The number of halogens is 3. The van der Waals surface area contributed by atoms with E-state index in [0.29, 0.717) is 38.4 Å². The number of carbonyl (C=O) groups is 1. The molecule has 2 heterocycles. The number of benzene rings is 2. The second-order valence-electron chi connectivity index (χ2n) is 8.34. The van der Waals surface area contributed by atoms with Crippen molar-refractivity contribution in [1.82, 2.24) is 20.1 Å². The van der Waals surface area contributed by atoms with Gasteiger partial charge in [0.15, 0.2) is 5.69 Å². The van der Waals surface area contributed by atoms with Crippen LogP contribution >= 0.6 is 0 Å². The topological polar surface area (TPSA) is 70.8 Å². The third-order valence-corrected chi connectivity index (χ3v) is 5.69. The summed E-state index contributed by atoms with van der Waals surface area (Å²) in [4.78, 5) is 20.8. The highest BCUT2D eigenvalue weighted by molar-refractivity contribution is 5.91. The van der Waals surface area contributed by atoms with Gasteiger partial charge in [-0.05, 0) is 23.8 Å². The van der Waals surface area contributed by atoms with Crippen LogP contribution in [0.15, 0.2) is 53.1 Å². The minimum atomic E-state index is -0.665. The van der Waals surface area contributed by atoms with E-state index in [-0.39, 0.29) is 36.4 Å². The van der Waals surface area contributed by atoms with Crippen LogP contribution in [0.3, 0.4) is 0 Å². The fourth-order valence-electron chi connectivity index (χ4n) is 3.83. The van der Waals surface area contributed by atoms with Crippen LogP contribution in [0.25, 0.3) is 0 Å². The minimum absolute atomic E-state index is 0.132. The first-order valence-corrected chi connectivity index (χ1v) is 11.4. The number of nitrogens with zero attached hydrogens (tertiary/aromatic N) is 3. The molecule has 0 aliphatic carbocycles. The van der Waals surface area contributed by atoms with Gasteiger partial charge in [0.2, 0.25) is 5.89 Å². The summed E-state index contributed by atoms with van der Waals surface area (Å²) in [6.45, 7) is 4.87. The molecular weight excluding hydrogens is 461 g/mol. The zero-order valence-electron chi connectivity index (χ0n) is 19.2. The van der Waals surface area contributed by atoms with Crippen LogP contribution in [0.1, 0.15) is 27.5 Å². The molecule has 10 heteroatoms. The molecule has 3 aromatic rings. The Bertz CT molecular complexity index is 1120. The highest BCUT2D eigenvalue weighted by Gasteiger charge is 2.18. The monoisotopic (exact) mass is 488 g/mol. The van der Waals surface area contributed by atoms with E-state index >= 15 is 0 Å². The normalized spacial score (nSPS) is 14.4. The maximum absolute atomic E-state index is 14.3.